The lowest BCUT2D eigenvalue weighted by Crippen LogP contribution is -2.37. The molecule has 2 heterocycles. The number of urea groups is 1. The Balaban J connectivity index is 1.70. The molecule has 2 amide bonds. The molecule has 1 aromatic rings. The zero-order valence-corrected chi connectivity index (χ0v) is 14.6. The molecule has 0 saturated carbocycles. The van der Waals surface area contributed by atoms with Crippen molar-refractivity contribution in [1.82, 2.24) is 9.88 Å². The smallest absolute Gasteiger partial charge is 0.323 e. The number of nitrogens with one attached hydrogen (secondary N) is 1. The maximum atomic E-state index is 12.4. The summed E-state index contributed by atoms with van der Waals surface area (Å²) in [7, 11) is 0. The highest BCUT2D eigenvalue weighted by molar-refractivity contribution is 7.15. The van der Waals surface area contributed by atoms with Crippen LogP contribution >= 0.6 is 11.3 Å². The summed E-state index contributed by atoms with van der Waals surface area (Å²) in [5, 5.41) is 12.7. The molecule has 23 heavy (non-hydrogen) atoms. The molecule has 1 saturated heterocycles. The quantitative estimate of drug-likeness (QED) is 0.869. The zero-order chi connectivity index (χ0) is 16.8. The van der Waals surface area contributed by atoms with Gasteiger partial charge in [0.05, 0.1) is 11.1 Å². The van der Waals surface area contributed by atoms with E-state index in [1.165, 1.54) is 4.88 Å². The standard InChI is InChI=1S/C16H23N3O3S/c1-15(2)6-4-5-10-11(15)17-13(23-10)18-14(22)19-8-7-16(3,9-19)12(20)21/h4-9H2,1-3H3,(H,20,21)(H,17,18,22). The summed E-state index contributed by atoms with van der Waals surface area (Å²) in [6.07, 6.45) is 3.77. The van der Waals surface area contributed by atoms with Crippen molar-refractivity contribution in [1.29, 1.82) is 0 Å². The zero-order valence-electron chi connectivity index (χ0n) is 13.8. The predicted octanol–water partition coefficient (Wildman–Crippen LogP) is 3.09. The highest BCUT2D eigenvalue weighted by Crippen LogP contribution is 2.40. The third kappa shape index (κ3) is 2.94. The van der Waals surface area contributed by atoms with Crippen molar-refractivity contribution in [2.24, 2.45) is 5.41 Å². The third-order valence-electron chi connectivity index (χ3n) is 5.03. The van der Waals surface area contributed by atoms with Crippen LogP contribution in [0.3, 0.4) is 0 Å². The molecule has 1 aliphatic carbocycles. The molecular weight excluding hydrogens is 314 g/mol. The lowest BCUT2D eigenvalue weighted by atomic mass is 9.79. The molecule has 0 radical (unpaired) electrons. The van der Waals surface area contributed by atoms with E-state index in [9.17, 15) is 14.7 Å². The van der Waals surface area contributed by atoms with Crippen LogP contribution in [0.15, 0.2) is 0 Å². The van der Waals surface area contributed by atoms with Crippen molar-refractivity contribution in [2.75, 3.05) is 18.4 Å². The van der Waals surface area contributed by atoms with Gasteiger partial charge in [0.2, 0.25) is 0 Å². The molecule has 1 atom stereocenters. The number of hydrogen-bond donors (Lipinski definition) is 2. The number of carboxylic acids is 1. The first-order valence-electron chi connectivity index (χ1n) is 8.01. The number of aliphatic carboxylic acids is 1. The van der Waals surface area contributed by atoms with Crippen molar-refractivity contribution < 1.29 is 14.7 Å². The van der Waals surface area contributed by atoms with Crippen molar-refractivity contribution in [3.63, 3.8) is 0 Å². The molecule has 2 N–H and O–H groups in total. The maximum Gasteiger partial charge on any atom is 0.323 e. The molecule has 6 nitrogen and oxygen atoms in total. The number of rotatable bonds is 2. The summed E-state index contributed by atoms with van der Waals surface area (Å²) in [4.78, 5) is 31.1. The molecule has 7 heteroatoms. The lowest BCUT2D eigenvalue weighted by Gasteiger charge is -2.27. The van der Waals surface area contributed by atoms with Gasteiger partial charge in [-0.25, -0.2) is 9.78 Å². The van der Waals surface area contributed by atoms with E-state index in [1.807, 2.05) is 0 Å². The van der Waals surface area contributed by atoms with Crippen LogP contribution < -0.4 is 5.32 Å². The molecule has 1 unspecified atom stereocenters. The molecule has 0 bridgehead atoms. The van der Waals surface area contributed by atoms with Gasteiger partial charge < -0.3 is 10.0 Å². The maximum absolute atomic E-state index is 12.4. The fraction of sp³-hybridized carbons (Fsp3) is 0.688. The number of amides is 2. The van der Waals surface area contributed by atoms with Crippen molar-refractivity contribution in [2.45, 2.75) is 51.9 Å². The minimum Gasteiger partial charge on any atom is -0.481 e. The van der Waals surface area contributed by atoms with Crippen LogP contribution in [0, 0.1) is 5.41 Å². The van der Waals surface area contributed by atoms with Gasteiger partial charge in [-0.1, -0.05) is 13.8 Å². The van der Waals surface area contributed by atoms with Crippen LogP contribution in [0.1, 0.15) is 50.6 Å². The number of likely N-dealkylation sites (tertiary alicyclic amines) is 1. The molecule has 1 aliphatic heterocycles. The topological polar surface area (TPSA) is 82.5 Å². The Morgan fingerprint density at radius 1 is 1.30 bits per heavy atom. The molecule has 1 fully saturated rings. The molecular formula is C16H23N3O3S. The Morgan fingerprint density at radius 2 is 2.04 bits per heavy atom. The summed E-state index contributed by atoms with van der Waals surface area (Å²) in [6, 6.07) is -0.251. The summed E-state index contributed by atoms with van der Waals surface area (Å²) < 4.78 is 0. The van der Waals surface area contributed by atoms with Crippen molar-refractivity contribution in [3.05, 3.63) is 10.6 Å². The average Bonchev–Trinajstić information content (AvgIpc) is 3.04. The molecule has 2 aliphatic rings. The predicted molar refractivity (Wildman–Crippen MR) is 89.0 cm³/mol. The van der Waals surface area contributed by atoms with Gasteiger partial charge in [0, 0.05) is 23.4 Å². The third-order valence-corrected chi connectivity index (χ3v) is 6.07. The highest BCUT2D eigenvalue weighted by atomic mass is 32.1. The van der Waals surface area contributed by atoms with Crippen LogP contribution in [0.2, 0.25) is 0 Å². The molecule has 3 rings (SSSR count). The van der Waals surface area contributed by atoms with E-state index in [2.05, 4.69) is 24.1 Å². The summed E-state index contributed by atoms with van der Waals surface area (Å²) >= 11 is 1.54. The number of aryl methyl sites for hydroxylation is 1. The Kier molecular flexibility index (Phi) is 3.86. The highest BCUT2D eigenvalue weighted by Gasteiger charge is 2.42. The first-order valence-corrected chi connectivity index (χ1v) is 8.82. The second kappa shape index (κ2) is 5.47. The molecule has 126 valence electrons. The second-order valence-electron chi connectivity index (χ2n) is 7.50. The molecule has 0 spiro atoms. The number of thiazole rings is 1. The van der Waals surface area contributed by atoms with Crippen LogP contribution in [0.4, 0.5) is 9.93 Å². The number of hydrogen-bond acceptors (Lipinski definition) is 4. The van der Waals surface area contributed by atoms with Gasteiger partial charge in [-0.05, 0) is 32.6 Å². The largest absolute Gasteiger partial charge is 0.481 e. The van der Waals surface area contributed by atoms with Gasteiger partial charge in [-0.2, -0.15) is 0 Å². The van der Waals surface area contributed by atoms with E-state index in [0.717, 1.165) is 25.0 Å². The number of nitrogens with zero attached hydrogens (tertiary/aromatic N) is 2. The summed E-state index contributed by atoms with van der Waals surface area (Å²) in [5.74, 6) is -0.848. The van der Waals surface area contributed by atoms with Crippen molar-refractivity contribution >= 4 is 28.5 Å². The van der Waals surface area contributed by atoms with Crippen LogP contribution in [0.25, 0.3) is 0 Å². The number of aromatic nitrogens is 1. The second-order valence-corrected chi connectivity index (χ2v) is 8.58. The number of anilines is 1. The van der Waals surface area contributed by atoms with Gasteiger partial charge in [-0.3, -0.25) is 10.1 Å². The monoisotopic (exact) mass is 337 g/mol. The van der Waals surface area contributed by atoms with Crippen molar-refractivity contribution in [3.8, 4) is 0 Å². The first kappa shape index (κ1) is 16.2. The average molecular weight is 337 g/mol. The van der Waals surface area contributed by atoms with Crippen LogP contribution in [-0.4, -0.2) is 40.1 Å². The van der Waals surface area contributed by atoms with E-state index in [4.69, 9.17) is 0 Å². The van der Waals surface area contributed by atoms with E-state index in [1.54, 1.807) is 23.2 Å². The van der Waals surface area contributed by atoms with Crippen LogP contribution in [-0.2, 0) is 16.6 Å². The number of carbonyl (C=O) groups is 2. The van der Waals surface area contributed by atoms with Gasteiger partial charge in [-0.15, -0.1) is 11.3 Å². The lowest BCUT2D eigenvalue weighted by molar-refractivity contribution is -0.146. The minimum atomic E-state index is -0.848. The number of carboxylic acid groups (broad SMARTS) is 1. The van der Waals surface area contributed by atoms with Gasteiger partial charge in [0.15, 0.2) is 5.13 Å². The van der Waals surface area contributed by atoms with Gasteiger partial charge in [0.1, 0.15) is 0 Å². The van der Waals surface area contributed by atoms with E-state index >= 15 is 0 Å². The van der Waals surface area contributed by atoms with Crippen LogP contribution in [0.5, 0.6) is 0 Å². The Hall–Kier alpha value is -1.63. The number of fused-ring (bicyclic) bond motifs is 1. The van der Waals surface area contributed by atoms with E-state index < -0.39 is 11.4 Å². The molecule has 0 aromatic carbocycles. The first-order chi connectivity index (χ1) is 10.7. The number of carbonyl (C=O) groups excluding carboxylic acids is 1. The van der Waals surface area contributed by atoms with Gasteiger partial charge >= 0.3 is 12.0 Å². The Bertz CT molecular complexity index is 655. The SMILES string of the molecule is CC1(C(=O)O)CCN(C(=O)Nc2nc3c(s2)CCCC3(C)C)C1. The molecule has 1 aromatic heterocycles. The summed E-state index contributed by atoms with van der Waals surface area (Å²) in [6.45, 7) is 6.77. The fourth-order valence-corrected chi connectivity index (χ4v) is 4.57. The Morgan fingerprint density at radius 3 is 2.65 bits per heavy atom. The summed E-state index contributed by atoms with van der Waals surface area (Å²) in [5.41, 5.74) is 0.310. The normalized spacial score (nSPS) is 26.0. The van der Waals surface area contributed by atoms with Gasteiger partial charge in [0.25, 0.3) is 0 Å². The minimum absolute atomic E-state index is 0.0581. The Labute approximate surface area is 139 Å². The fourth-order valence-electron chi connectivity index (χ4n) is 3.39. The van der Waals surface area contributed by atoms with E-state index in [-0.39, 0.29) is 18.0 Å². The van der Waals surface area contributed by atoms with E-state index in [0.29, 0.717) is 18.1 Å².